The number of ether oxygens (including phenoxy) is 3. The van der Waals surface area contributed by atoms with Crippen molar-refractivity contribution in [2.45, 2.75) is 44.7 Å². The van der Waals surface area contributed by atoms with Gasteiger partial charge in [0.05, 0.1) is 21.3 Å². The third-order valence-electron chi connectivity index (χ3n) is 4.43. The third kappa shape index (κ3) is 7.15. The Morgan fingerprint density at radius 2 is 1.62 bits per heavy atom. The minimum Gasteiger partial charge on any atom is -0.436 e. The van der Waals surface area contributed by atoms with E-state index in [1.165, 1.54) is 30.1 Å². The highest BCUT2D eigenvalue weighted by atomic mass is 35.5. The highest BCUT2D eigenvalue weighted by Gasteiger charge is 2.19. The van der Waals surface area contributed by atoms with Crippen LogP contribution >= 0.6 is 46.6 Å². The first-order valence-electron chi connectivity index (χ1n) is 10.4. The van der Waals surface area contributed by atoms with Crippen molar-refractivity contribution in [1.82, 2.24) is 9.97 Å². The van der Waals surface area contributed by atoms with Gasteiger partial charge in [-0.15, -0.1) is 0 Å². The maximum Gasteiger partial charge on any atom is 0.519 e. The van der Waals surface area contributed by atoms with Crippen LogP contribution in [0.15, 0.2) is 47.8 Å². The van der Waals surface area contributed by atoms with Gasteiger partial charge in [0.1, 0.15) is 5.75 Å². The summed E-state index contributed by atoms with van der Waals surface area (Å²) in [6.45, 7) is 8.44. The van der Waals surface area contributed by atoms with E-state index in [1.807, 2.05) is 24.3 Å². The van der Waals surface area contributed by atoms with Crippen molar-refractivity contribution in [3.8, 4) is 23.1 Å². The predicted octanol–water partition coefficient (Wildman–Crippen LogP) is 8.61. The summed E-state index contributed by atoms with van der Waals surface area (Å²) in [4.78, 5) is 21.1. The number of aromatic nitrogens is 2. The fourth-order valence-corrected chi connectivity index (χ4v) is 3.90. The Labute approximate surface area is 217 Å². The predicted molar refractivity (Wildman–Crippen MR) is 136 cm³/mol. The molecule has 0 aliphatic heterocycles. The highest BCUT2D eigenvalue weighted by Crippen LogP contribution is 2.35. The molecule has 0 radical (unpaired) electrons. The molecule has 1 aromatic heterocycles. The number of benzene rings is 2. The van der Waals surface area contributed by atoms with E-state index in [-0.39, 0.29) is 37.9 Å². The van der Waals surface area contributed by atoms with E-state index in [2.05, 4.69) is 37.7 Å². The molecule has 2 aromatic carbocycles. The van der Waals surface area contributed by atoms with Crippen LogP contribution < -0.4 is 14.2 Å². The topological polar surface area (TPSA) is 70.5 Å². The number of thioether (sulfide) groups is 1. The Kier molecular flexibility index (Phi) is 8.93. The quantitative estimate of drug-likeness (QED) is 0.0974. The van der Waals surface area contributed by atoms with Crippen molar-refractivity contribution >= 4 is 52.7 Å². The largest absolute Gasteiger partial charge is 0.519 e. The number of hydrogen-bond donors (Lipinski definition) is 0. The van der Waals surface area contributed by atoms with E-state index in [1.54, 1.807) is 0 Å². The van der Waals surface area contributed by atoms with E-state index in [4.69, 9.17) is 49.0 Å². The molecule has 0 aliphatic carbocycles. The zero-order chi connectivity index (χ0) is 24.9. The van der Waals surface area contributed by atoms with Crippen LogP contribution in [0.2, 0.25) is 15.1 Å². The Balaban J connectivity index is 1.83. The second-order valence-corrected chi connectivity index (χ2v) is 10.5. The van der Waals surface area contributed by atoms with Crippen molar-refractivity contribution in [2.75, 3.05) is 5.75 Å². The number of rotatable bonds is 7. The average Bonchev–Trinajstić information content (AvgIpc) is 2.77. The lowest BCUT2D eigenvalue weighted by Gasteiger charge is -2.19. The molecule has 0 aliphatic rings. The van der Waals surface area contributed by atoms with Gasteiger partial charge in [-0.25, -0.2) is 9.78 Å². The van der Waals surface area contributed by atoms with Gasteiger partial charge in [-0.05, 0) is 35.6 Å². The molecule has 1 heterocycles. The Morgan fingerprint density at radius 1 is 0.971 bits per heavy atom. The molecule has 0 amide bonds. The molecule has 180 valence electrons. The Hall–Kier alpha value is -2.19. The minimum atomic E-state index is -1.06. The molecular formula is C24H23Cl3N2O4S. The molecule has 10 heteroatoms. The number of halogens is 3. The first kappa shape index (κ1) is 26.4. The van der Waals surface area contributed by atoms with E-state index in [9.17, 15) is 4.79 Å². The van der Waals surface area contributed by atoms with Gasteiger partial charge in [0.15, 0.2) is 10.9 Å². The molecule has 0 bridgehead atoms. The van der Waals surface area contributed by atoms with Gasteiger partial charge < -0.3 is 14.2 Å². The van der Waals surface area contributed by atoms with Gasteiger partial charge >= 0.3 is 6.16 Å². The van der Waals surface area contributed by atoms with Gasteiger partial charge in [0.25, 0.3) is 5.88 Å². The minimum absolute atomic E-state index is 0.00126. The third-order valence-corrected chi connectivity index (χ3v) is 6.52. The summed E-state index contributed by atoms with van der Waals surface area (Å²) >= 11 is 19.4. The van der Waals surface area contributed by atoms with Gasteiger partial charge in [-0.1, -0.05) is 86.4 Å². The van der Waals surface area contributed by atoms with Crippen LogP contribution in [0.5, 0.6) is 23.1 Å². The molecule has 0 unspecified atom stereocenters. The summed E-state index contributed by atoms with van der Waals surface area (Å²) in [6, 6.07) is 10.3. The molecule has 0 N–H and O–H groups in total. The van der Waals surface area contributed by atoms with E-state index in [0.717, 1.165) is 17.7 Å². The summed E-state index contributed by atoms with van der Waals surface area (Å²) in [5.41, 5.74) is 1.15. The summed E-state index contributed by atoms with van der Waals surface area (Å²) in [5.74, 6) is 1.43. The van der Waals surface area contributed by atoms with Crippen LogP contribution in [0.25, 0.3) is 0 Å². The van der Waals surface area contributed by atoms with Crippen molar-refractivity contribution in [1.29, 1.82) is 0 Å². The first-order chi connectivity index (χ1) is 16.1. The van der Waals surface area contributed by atoms with Gasteiger partial charge in [-0.2, -0.15) is 4.98 Å². The van der Waals surface area contributed by atoms with Crippen LogP contribution in [0.1, 0.15) is 39.7 Å². The number of carbonyl (C=O) groups is 1. The van der Waals surface area contributed by atoms with Crippen LogP contribution in [-0.4, -0.2) is 21.9 Å². The zero-order valence-corrected chi connectivity index (χ0v) is 22.1. The maximum atomic E-state index is 12.5. The smallest absolute Gasteiger partial charge is 0.436 e. The molecule has 0 fully saturated rings. The Morgan fingerprint density at radius 3 is 2.26 bits per heavy atom. The summed E-state index contributed by atoms with van der Waals surface area (Å²) < 4.78 is 16.5. The van der Waals surface area contributed by atoms with Crippen LogP contribution in [0.4, 0.5) is 4.79 Å². The average molecular weight is 542 g/mol. The SMILES string of the molecule is CCCSc1ncc(OC(=O)Oc2cc(Cl)c(Cl)cc2Cl)c(Oc2ccc(C(C)(C)C)cc2)n1. The number of nitrogens with zero attached hydrogens (tertiary/aromatic N) is 2. The van der Waals surface area contributed by atoms with Crippen molar-refractivity contribution in [3.05, 3.63) is 63.2 Å². The highest BCUT2D eigenvalue weighted by molar-refractivity contribution is 7.99. The Bertz CT molecular complexity index is 1170. The van der Waals surface area contributed by atoms with Crippen LogP contribution in [0.3, 0.4) is 0 Å². The van der Waals surface area contributed by atoms with Gasteiger partial charge in [-0.3, -0.25) is 0 Å². The van der Waals surface area contributed by atoms with E-state index >= 15 is 0 Å². The van der Waals surface area contributed by atoms with Crippen molar-refractivity contribution < 1.29 is 19.0 Å². The molecular weight excluding hydrogens is 519 g/mol. The van der Waals surface area contributed by atoms with E-state index in [0.29, 0.717) is 10.9 Å². The summed E-state index contributed by atoms with van der Waals surface area (Å²) in [7, 11) is 0. The molecule has 0 saturated heterocycles. The molecule has 6 nitrogen and oxygen atoms in total. The fraction of sp³-hybridized carbons (Fsp3) is 0.292. The fourth-order valence-electron chi connectivity index (χ4n) is 2.66. The summed E-state index contributed by atoms with van der Waals surface area (Å²) in [6.07, 6.45) is 1.25. The molecule has 34 heavy (non-hydrogen) atoms. The zero-order valence-electron chi connectivity index (χ0n) is 19.0. The maximum absolute atomic E-state index is 12.5. The molecule has 3 rings (SSSR count). The second-order valence-electron chi connectivity index (χ2n) is 8.20. The standard InChI is InChI=1S/C24H23Cl3N2O4S/c1-5-10-34-22-28-13-20(33-23(30)32-19-12-17(26)16(25)11-18(19)27)21(29-22)31-15-8-6-14(7-9-15)24(2,3)4/h6-9,11-13H,5,10H2,1-4H3. The number of carbonyl (C=O) groups excluding carboxylic acids is 1. The van der Waals surface area contributed by atoms with Crippen molar-refractivity contribution in [3.63, 3.8) is 0 Å². The number of hydrogen-bond acceptors (Lipinski definition) is 7. The first-order valence-corrected chi connectivity index (χ1v) is 12.5. The molecule has 0 spiro atoms. The lowest BCUT2D eigenvalue weighted by molar-refractivity contribution is 0.150. The lowest BCUT2D eigenvalue weighted by atomic mass is 9.87. The summed E-state index contributed by atoms with van der Waals surface area (Å²) in [5, 5.41) is 1.01. The molecule has 3 aromatic rings. The van der Waals surface area contributed by atoms with Gasteiger partial charge in [0.2, 0.25) is 5.75 Å². The second kappa shape index (κ2) is 11.5. The van der Waals surface area contributed by atoms with Crippen LogP contribution in [-0.2, 0) is 5.41 Å². The van der Waals surface area contributed by atoms with Gasteiger partial charge in [0, 0.05) is 11.8 Å². The van der Waals surface area contributed by atoms with Crippen molar-refractivity contribution in [2.24, 2.45) is 0 Å². The monoisotopic (exact) mass is 540 g/mol. The molecule has 0 saturated carbocycles. The lowest BCUT2D eigenvalue weighted by Crippen LogP contribution is -2.15. The van der Waals surface area contributed by atoms with Crippen LogP contribution in [0, 0.1) is 0 Å². The van der Waals surface area contributed by atoms with E-state index < -0.39 is 6.16 Å². The molecule has 0 atom stereocenters. The normalized spacial score (nSPS) is 11.3.